The van der Waals surface area contributed by atoms with Crippen molar-refractivity contribution in [2.45, 2.75) is 19.8 Å². The lowest BCUT2D eigenvalue weighted by Crippen LogP contribution is -2.47. The molecule has 0 atom stereocenters. The number of phenolic OH excluding ortho intramolecular Hbond substituents is 1. The molecule has 1 aromatic rings. The van der Waals surface area contributed by atoms with E-state index in [-0.39, 0.29) is 22.9 Å². The van der Waals surface area contributed by atoms with Gasteiger partial charge in [0.05, 0.1) is 0 Å². The fourth-order valence-corrected chi connectivity index (χ4v) is 2.40. The first-order chi connectivity index (χ1) is 9.46. The molecule has 6 nitrogen and oxygen atoms in total. The van der Waals surface area contributed by atoms with Gasteiger partial charge in [0.25, 0.3) is 5.91 Å². The Morgan fingerprint density at radius 2 is 2.05 bits per heavy atom. The molecule has 0 spiro atoms. The van der Waals surface area contributed by atoms with Gasteiger partial charge in [0.15, 0.2) is 0 Å². The average Bonchev–Trinajstić information content (AvgIpc) is 2.46. The van der Waals surface area contributed by atoms with E-state index >= 15 is 0 Å². The zero-order valence-corrected chi connectivity index (χ0v) is 11.4. The predicted molar refractivity (Wildman–Crippen MR) is 74.8 cm³/mol. The summed E-state index contributed by atoms with van der Waals surface area (Å²) in [6.07, 6.45) is 1.29. The number of piperidine rings is 1. The average molecular weight is 277 g/mol. The number of benzene rings is 1. The molecule has 0 radical (unpaired) electrons. The molecule has 0 bridgehead atoms. The van der Waals surface area contributed by atoms with Crippen LogP contribution in [0.3, 0.4) is 0 Å². The normalized spacial score (nSPS) is 18.9. The van der Waals surface area contributed by atoms with E-state index in [1.165, 1.54) is 12.1 Å². The summed E-state index contributed by atoms with van der Waals surface area (Å²) in [5.41, 5.74) is 5.80. The Morgan fingerprint density at radius 1 is 1.40 bits per heavy atom. The maximum Gasteiger partial charge on any atom is 0.253 e. The molecule has 1 saturated heterocycles. The van der Waals surface area contributed by atoms with Gasteiger partial charge in [-0.25, -0.2) is 0 Å². The molecule has 0 aromatic heterocycles. The summed E-state index contributed by atoms with van der Waals surface area (Å²) >= 11 is 0. The molecule has 1 aliphatic rings. The highest BCUT2D eigenvalue weighted by Gasteiger charge is 2.35. The third kappa shape index (κ3) is 2.68. The summed E-state index contributed by atoms with van der Waals surface area (Å²) in [6.45, 7) is 3.01. The van der Waals surface area contributed by atoms with Crippen LogP contribution < -0.4 is 5.73 Å². The number of phenols is 1. The van der Waals surface area contributed by atoms with Crippen LogP contribution in [-0.4, -0.2) is 40.0 Å². The van der Waals surface area contributed by atoms with Crippen LogP contribution in [0.2, 0.25) is 0 Å². The smallest absolute Gasteiger partial charge is 0.253 e. The minimum Gasteiger partial charge on any atom is -0.508 e. The molecular formula is C14H19N3O3. The Morgan fingerprint density at radius 3 is 2.60 bits per heavy atom. The van der Waals surface area contributed by atoms with Crippen molar-refractivity contribution >= 4 is 11.7 Å². The zero-order valence-electron chi connectivity index (χ0n) is 11.4. The lowest BCUT2D eigenvalue weighted by molar-refractivity contribution is 0.0666. The zero-order chi connectivity index (χ0) is 14.8. The summed E-state index contributed by atoms with van der Waals surface area (Å²) in [4.78, 5) is 14.0. The topological polar surface area (TPSA) is 99.2 Å². The fraction of sp³-hybridized carbons (Fsp3) is 0.429. The molecule has 20 heavy (non-hydrogen) atoms. The number of carbonyl (C=O) groups is 1. The number of amidine groups is 1. The molecule has 4 N–H and O–H groups in total. The molecule has 1 aromatic carbocycles. The number of aromatic hydroxyl groups is 1. The lowest BCUT2D eigenvalue weighted by atomic mass is 9.79. The molecule has 0 aliphatic carbocycles. The molecule has 1 heterocycles. The van der Waals surface area contributed by atoms with E-state index < -0.39 is 0 Å². The van der Waals surface area contributed by atoms with Crippen LogP contribution in [0.15, 0.2) is 29.4 Å². The summed E-state index contributed by atoms with van der Waals surface area (Å²) < 4.78 is 0. The van der Waals surface area contributed by atoms with Gasteiger partial charge in [-0.05, 0) is 31.0 Å². The predicted octanol–water partition coefficient (Wildman–Crippen LogP) is 1.38. The number of oxime groups is 1. The van der Waals surface area contributed by atoms with E-state index in [0.29, 0.717) is 31.5 Å². The van der Waals surface area contributed by atoms with Crippen LogP contribution in [0, 0.1) is 5.41 Å². The quantitative estimate of drug-likeness (QED) is 0.329. The molecule has 0 saturated carbocycles. The summed E-state index contributed by atoms with van der Waals surface area (Å²) in [5, 5.41) is 21.3. The van der Waals surface area contributed by atoms with Crippen molar-refractivity contribution in [2.24, 2.45) is 16.3 Å². The van der Waals surface area contributed by atoms with Crippen LogP contribution >= 0.6 is 0 Å². The van der Waals surface area contributed by atoms with Crippen LogP contribution in [-0.2, 0) is 0 Å². The van der Waals surface area contributed by atoms with Gasteiger partial charge in [-0.1, -0.05) is 18.1 Å². The first-order valence-corrected chi connectivity index (χ1v) is 6.52. The van der Waals surface area contributed by atoms with Crippen molar-refractivity contribution in [1.29, 1.82) is 0 Å². The van der Waals surface area contributed by atoms with E-state index in [2.05, 4.69) is 5.16 Å². The van der Waals surface area contributed by atoms with Crippen LogP contribution in [0.25, 0.3) is 0 Å². The first-order valence-electron chi connectivity index (χ1n) is 6.52. The molecule has 1 amide bonds. The number of hydrogen-bond donors (Lipinski definition) is 3. The number of nitrogens with two attached hydrogens (primary N) is 1. The van der Waals surface area contributed by atoms with Gasteiger partial charge in [-0.2, -0.15) is 0 Å². The summed E-state index contributed by atoms with van der Waals surface area (Å²) in [5.74, 6) is 0.179. The van der Waals surface area contributed by atoms with Crippen molar-refractivity contribution in [3.8, 4) is 5.75 Å². The molecular weight excluding hydrogens is 258 g/mol. The second-order valence-corrected chi connectivity index (χ2v) is 5.39. The summed E-state index contributed by atoms with van der Waals surface area (Å²) in [6, 6.07) is 6.31. The number of amides is 1. The monoisotopic (exact) mass is 277 g/mol. The highest BCUT2D eigenvalue weighted by Crippen LogP contribution is 2.31. The molecule has 108 valence electrons. The molecule has 1 fully saturated rings. The van der Waals surface area contributed by atoms with Crippen LogP contribution in [0.1, 0.15) is 30.1 Å². The third-order valence-corrected chi connectivity index (χ3v) is 3.97. The van der Waals surface area contributed by atoms with E-state index in [1.54, 1.807) is 17.0 Å². The van der Waals surface area contributed by atoms with E-state index in [1.807, 2.05) is 6.92 Å². The van der Waals surface area contributed by atoms with Gasteiger partial charge in [0, 0.05) is 24.1 Å². The lowest BCUT2D eigenvalue weighted by Gasteiger charge is -2.38. The summed E-state index contributed by atoms with van der Waals surface area (Å²) in [7, 11) is 0. The Balaban J connectivity index is 2.06. The molecule has 2 rings (SSSR count). The standard InChI is InChI=1S/C14H19N3O3/c1-14(13(15)16-20)5-7-17(8-6-14)12(19)10-3-2-4-11(18)9-10/h2-4,9,18,20H,5-8H2,1H3,(H2,15,16). The molecule has 0 unspecified atom stereocenters. The van der Waals surface area contributed by atoms with Gasteiger partial charge < -0.3 is 20.9 Å². The number of rotatable bonds is 2. The van der Waals surface area contributed by atoms with Crippen LogP contribution in [0.4, 0.5) is 0 Å². The SMILES string of the molecule is CC1(/C(N)=N/O)CCN(C(=O)c2cccc(O)c2)CC1. The Kier molecular flexibility index (Phi) is 3.83. The van der Waals surface area contributed by atoms with E-state index in [9.17, 15) is 9.90 Å². The largest absolute Gasteiger partial charge is 0.508 e. The number of carbonyl (C=O) groups excluding carboxylic acids is 1. The van der Waals surface area contributed by atoms with Crippen molar-refractivity contribution in [3.63, 3.8) is 0 Å². The van der Waals surface area contributed by atoms with Crippen LogP contribution in [0.5, 0.6) is 5.75 Å². The van der Waals surface area contributed by atoms with Gasteiger partial charge in [0.1, 0.15) is 11.6 Å². The second kappa shape index (κ2) is 5.40. The van der Waals surface area contributed by atoms with Crippen molar-refractivity contribution < 1.29 is 15.1 Å². The highest BCUT2D eigenvalue weighted by molar-refractivity contribution is 5.95. The van der Waals surface area contributed by atoms with E-state index in [0.717, 1.165) is 0 Å². The maximum atomic E-state index is 12.3. The van der Waals surface area contributed by atoms with Gasteiger partial charge in [-0.15, -0.1) is 0 Å². The Bertz CT molecular complexity index is 534. The van der Waals surface area contributed by atoms with Gasteiger partial charge >= 0.3 is 0 Å². The Labute approximate surface area is 117 Å². The third-order valence-electron chi connectivity index (χ3n) is 3.97. The molecule has 1 aliphatic heterocycles. The Hall–Kier alpha value is -2.24. The van der Waals surface area contributed by atoms with E-state index in [4.69, 9.17) is 10.9 Å². The number of hydrogen-bond acceptors (Lipinski definition) is 4. The minimum atomic E-state index is -0.371. The number of nitrogens with zero attached hydrogens (tertiary/aromatic N) is 2. The highest BCUT2D eigenvalue weighted by atomic mass is 16.4. The maximum absolute atomic E-state index is 12.3. The van der Waals surface area contributed by atoms with Gasteiger partial charge in [-0.3, -0.25) is 4.79 Å². The first kappa shape index (κ1) is 14.2. The van der Waals surface area contributed by atoms with Gasteiger partial charge in [0.2, 0.25) is 0 Å². The van der Waals surface area contributed by atoms with Crippen molar-refractivity contribution in [1.82, 2.24) is 4.90 Å². The van der Waals surface area contributed by atoms with Crippen molar-refractivity contribution in [2.75, 3.05) is 13.1 Å². The fourth-order valence-electron chi connectivity index (χ4n) is 2.40. The number of likely N-dealkylation sites (tertiary alicyclic amines) is 1. The minimum absolute atomic E-state index is 0.0781. The van der Waals surface area contributed by atoms with Crippen molar-refractivity contribution in [3.05, 3.63) is 29.8 Å². The second-order valence-electron chi connectivity index (χ2n) is 5.39. The molecule has 6 heteroatoms.